The van der Waals surface area contributed by atoms with Crippen LogP contribution in [0.1, 0.15) is 152 Å². The predicted octanol–water partition coefficient (Wildman–Crippen LogP) is 10.8. The van der Waals surface area contributed by atoms with E-state index in [0.29, 0.717) is 37.6 Å². The van der Waals surface area contributed by atoms with E-state index in [1.807, 2.05) is 36.7 Å². The number of ether oxygens (including phenoxy) is 1. The zero-order valence-electron chi connectivity index (χ0n) is 37.3. The topological polar surface area (TPSA) is 108 Å². The molecule has 0 aliphatic heterocycles. The van der Waals surface area contributed by atoms with Crippen LogP contribution in [-0.4, -0.2) is 55.2 Å². The number of rotatable bonds is 14. The van der Waals surface area contributed by atoms with Crippen molar-refractivity contribution in [2.24, 2.45) is 45.3 Å². The Kier molecular flexibility index (Phi) is 12.5. The van der Waals surface area contributed by atoms with Crippen LogP contribution in [0.2, 0.25) is 0 Å². The number of carboxylic acids is 1. The van der Waals surface area contributed by atoms with Gasteiger partial charge in [-0.2, -0.15) is 11.8 Å². The zero-order chi connectivity index (χ0) is 42.8. The summed E-state index contributed by atoms with van der Waals surface area (Å²) in [6.45, 7) is 22.2. The Morgan fingerprint density at radius 1 is 1.07 bits per heavy atom. The Balaban J connectivity index is 1.37. The maximum atomic E-state index is 14.5. The van der Waals surface area contributed by atoms with Gasteiger partial charge in [0.05, 0.1) is 28.1 Å². The summed E-state index contributed by atoms with van der Waals surface area (Å²) in [5.41, 5.74) is 2.44. The van der Waals surface area contributed by atoms with Crippen molar-refractivity contribution in [2.75, 3.05) is 12.0 Å². The number of carbonyl (C=O) groups excluding carboxylic acids is 2. The monoisotopic (exact) mass is 838 g/mol. The molecule has 0 saturated heterocycles. The lowest BCUT2D eigenvalue weighted by Crippen LogP contribution is -2.62. The molecule has 58 heavy (non-hydrogen) atoms. The van der Waals surface area contributed by atoms with Gasteiger partial charge in [-0.05, 0) is 148 Å². The Labute approximate surface area is 357 Å². The summed E-state index contributed by atoms with van der Waals surface area (Å²) in [5.74, 6) is 0.923. The van der Waals surface area contributed by atoms with E-state index >= 15 is 0 Å². The first-order valence-corrected chi connectivity index (χ1v) is 23.9. The molecule has 10 heteroatoms. The van der Waals surface area contributed by atoms with Crippen LogP contribution in [0.15, 0.2) is 40.2 Å². The summed E-state index contributed by atoms with van der Waals surface area (Å²) in [4.78, 5) is 53.0. The van der Waals surface area contributed by atoms with Crippen molar-refractivity contribution in [2.45, 2.75) is 169 Å². The molecule has 7 unspecified atom stereocenters. The Morgan fingerprint density at radius 2 is 1.78 bits per heavy atom. The van der Waals surface area contributed by atoms with Gasteiger partial charge in [-0.1, -0.05) is 60.6 Å². The SMILES string of the molecule is CCC(CCC1(C)C2CCC3C4=C(C(C)C)C(=O)CC4(c4cc(=O)n(C5=CCC(C)(Cl)C=C5)n4CCSC)CC[C@@]3(C)C2(C)CC[C@H]1C)OC(=O)CC(C)(C)C(=O)O. The highest BCUT2D eigenvalue weighted by molar-refractivity contribution is 7.98. The molecule has 9 atom stereocenters. The summed E-state index contributed by atoms with van der Waals surface area (Å²) < 4.78 is 10.1. The van der Waals surface area contributed by atoms with E-state index in [4.69, 9.17) is 16.3 Å². The molecule has 6 rings (SSSR count). The number of aliphatic carboxylic acids is 1. The predicted molar refractivity (Wildman–Crippen MR) is 236 cm³/mol. The average Bonchev–Trinajstić information content (AvgIpc) is 3.64. The van der Waals surface area contributed by atoms with Gasteiger partial charge in [0, 0.05) is 30.2 Å². The van der Waals surface area contributed by atoms with E-state index in [1.165, 1.54) is 5.57 Å². The number of thioether (sulfide) groups is 1. The highest BCUT2D eigenvalue weighted by atomic mass is 35.5. The Hall–Kier alpha value is -2.52. The number of carboxylic acid groups (broad SMARTS) is 1. The second-order valence-electron chi connectivity index (χ2n) is 20.8. The van der Waals surface area contributed by atoms with Crippen molar-refractivity contribution in [1.82, 2.24) is 9.36 Å². The van der Waals surface area contributed by atoms with E-state index in [9.17, 15) is 24.3 Å². The molecule has 322 valence electrons. The summed E-state index contributed by atoms with van der Waals surface area (Å²) >= 11 is 8.46. The largest absolute Gasteiger partial charge is 0.481 e. The number of allylic oxidation sites excluding steroid dienone is 6. The lowest BCUT2D eigenvalue weighted by atomic mass is 9.35. The van der Waals surface area contributed by atoms with E-state index < -0.39 is 27.6 Å². The van der Waals surface area contributed by atoms with Crippen LogP contribution < -0.4 is 5.56 Å². The highest BCUT2D eigenvalue weighted by Gasteiger charge is 2.68. The van der Waals surface area contributed by atoms with Crippen molar-refractivity contribution < 1.29 is 24.2 Å². The summed E-state index contributed by atoms with van der Waals surface area (Å²) in [5, 5.41) is 9.60. The molecule has 1 aromatic rings. The van der Waals surface area contributed by atoms with Gasteiger partial charge in [-0.25, -0.2) is 4.68 Å². The first-order chi connectivity index (χ1) is 27.0. The summed E-state index contributed by atoms with van der Waals surface area (Å²) in [7, 11) is 0. The number of nitrogens with zero attached hydrogens (tertiary/aromatic N) is 2. The molecule has 1 heterocycles. The first-order valence-electron chi connectivity index (χ1n) is 22.1. The van der Waals surface area contributed by atoms with Gasteiger partial charge >= 0.3 is 11.9 Å². The smallest absolute Gasteiger partial charge is 0.309 e. The average molecular weight is 840 g/mol. The minimum atomic E-state index is -1.17. The second kappa shape index (κ2) is 16.1. The second-order valence-corrected chi connectivity index (χ2v) is 22.6. The van der Waals surface area contributed by atoms with E-state index in [2.05, 4.69) is 58.6 Å². The van der Waals surface area contributed by atoms with Crippen LogP contribution in [0.5, 0.6) is 0 Å². The molecule has 1 aromatic heterocycles. The molecule has 0 aromatic carbocycles. The Bertz CT molecular complexity index is 1950. The van der Waals surface area contributed by atoms with Crippen molar-refractivity contribution in [3.05, 3.63) is 51.5 Å². The molecule has 5 aliphatic rings. The van der Waals surface area contributed by atoms with Gasteiger partial charge in [0.15, 0.2) is 5.78 Å². The number of alkyl halides is 1. The van der Waals surface area contributed by atoms with Crippen molar-refractivity contribution >= 4 is 46.8 Å². The standard InChI is InChI=1S/C48H71ClN2O6S/c1-12-33(57-39(54)29-43(5,6)42(55)56)18-21-45(8)31(4)15-22-47(10)36(45)14-13-34-41-40(30(2)3)35(52)28-48(41,24-23-46(34,47)9)37-27-38(53)51(50(37)25-26-58-11)32-16-19-44(7,49)20-17-32/h16-17,19,27,30-31,33-34,36H,12-15,18,20-26,28-29H2,1-11H3,(H,55,56)/t31-,33?,34?,36?,44?,45?,46-,47?,48?/m1/s1. The highest BCUT2D eigenvalue weighted by Crippen LogP contribution is 2.75. The number of fused-ring (bicyclic) bond motifs is 5. The molecular weight excluding hydrogens is 768 g/mol. The van der Waals surface area contributed by atoms with Gasteiger partial charge in [0.25, 0.3) is 5.56 Å². The third kappa shape index (κ3) is 7.46. The molecule has 1 N–H and O–H groups in total. The lowest BCUT2D eigenvalue weighted by molar-refractivity contribution is -0.184. The maximum absolute atomic E-state index is 14.5. The molecule has 0 radical (unpaired) electrons. The van der Waals surface area contributed by atoms with E-state index in [-0.39, 0.29) is 51.9 Å². The fourth-order valence-corrected chi connectivity index (χ4v) is 13.3. The number of halogens is 1. The van der Waals surface area contributed by atoms with Crippen LogP contribution in [-0.2, 0) is 31.1 Å². The number of ketones is 1. The number of hydrogen-bond donors (Lipinski definition) is 1. The van der Waals surface area contributed by atoms with Gasteiger partial charge in [-0.15, -0.1) is 11.6 Å². The van der Waals surface area contributed by atoms with Gasteiger partial charge < -0.3 is 9.84 Å². The zero-order valence-corrected chi connectivity index (χ0v) is 38.8. The molecule has 0 amide bonds. The van der Waals surface area contributed by atoms with Gasteiger partial charge in [0.2, 0.25) is 0 Å². The van der Waals surface area contributed by atoms with Gasteiger partial charge in [0.1, 0.15) is 6.10 Å². The van der Waals surface area contributed by atoms with Crippen LogP contribution in [0.3, 0.4) is 0 Å². The molecule has 0 bridgehead atoms. The lowest BCUT2D eigenvalue weighted by Gasteiger charge is -2.69. The van der Waals surface area contributed by atoms with Crippen LogP contribution in [0.25, 0.3) is 5.70 Å². The minimum absolute atomic E-state index is 0.0182. The molecule has 3 fully saturated rings. The normalized spacial score (nSPS) is 35.4. The number of hydrogen-bond acceptors (Lipinski definition) is 6. The van der Waals surface area contributed by atoms with Crippen LogP contribution >= 0.6 is 23.4 Å². The molecule has 5 aliphatic carbocycles. The third-order valence-corrected chi connectivity index (χ3v) is 17.5. The summed E-state index contributed by atoms with van der Waals surface area (Å²) in [6.07, 6.45) is 17.4. The molecule has 3 saturated carbocycles. The van der Waals surface area contributed by atoms with Crippen molar-refractivity contribution in [1.29, 1.82) is 0 Å². The number of Topliss-reactive ketones (excluding diaryl/α,β-unsaturated/α-hetero) is 1. The Morgan fingerprint density at radius 3 is 2.38 bits per heavy atom. The molecule has 0 spiro atoms. The molecule has 8 nitrogen and oxygen atoms in total. The van der Waals surface area contributed by atoms with Crippen LogP contribution in [0, 0.1) is 45.3 Å². The van der Waals surface area contributed by atoms with Crippen LogP contribution in [0.4, 0.5) is 0 Å². The number of carbonyl (C=O) groups is 3. The minimum Gasteiger partial charge on any atom is -0.481 e. The van der Waals surface area contributed by atoms with Crippen molar-refractivity contribution in [3.8, 4) is 0 Å². The van der Waals surface area contributed by atoms with Gasteiger partial charge in [-0.3, -0.25) is 23.9 Å². The molecular formula is C48H71ClN2O6S. The fraction of sp³-hybridized carbons (Fsp3) is 0.750. The van der Waals surface area contributed by atoms with E-state index in [0.717, 1.165) is 74.1 Å². The maximum Gasteiger partial charge on any atom is 0.309 e. The third-order valence-electron chi connectivity index (χ3n) is 16.6. The fourth-order valence-electron chi connectivity index (χ4n) is 12.8. The quantitative estimate of drug-likeness (QED) is 0.147. The number of esters is 1. The van der Waals surface area contributed by atoms with E-state index in [1.54, 1.807) is 25.6 Å². The van der Waals surface area contributed by atoms with Crippen molar-refractivity contribution in [3.63, 3.8) is 0 Å². The number of aromatic nitrogens is 2. The first kappa shape index (κ1) is 45.0. The summed E-state index contributed by atoms with van der Waals surface area (Å²) in [6, 6.07) is 1.87.